The van der Waals surface area contributed by atoms with E-state index in [1.54, 1.807) is 6.20 Å². The molecular weight excluding hydrogens is 334 g/mol. The zero-order valence-electron chi connectivity index (χ0n) is 16.0. The molecule has 1 amide bonds. The third kappa shape index (κ3) is 4.66. The van der Waals surface area contributed by atoms with Crippen molar-refractivity contribution < 1.29 is 4.79 Å². The molecule has 138 valence electrons. The number of rotatable bonds is 8. The van der Waals surface area contributed by atoms with Crippen molar-refractivity contribution >= 4 is 23.5 Å². The highest BCUT2D eigenvalue weighted by atomic mass is 32.2. The Balaban J connectivity index is 2.08. The minimum Gasteiger partial charge on any atom is -0.323 e. The van der Waals surface area contributed by atoms with Gasteiger partial charge < -0.3 is 9.88 Å². The van der Waals surface area contributed by atoms with Crippen LogP contribution in [-0.2, 0) is 11.3 Å². The summed E-state index contributed by atoms with van der Waals surface area (Å²) in [7, 11) is 0. The van der Waals surface area contributed by atoms with Crippen LogP contribution in [0.5, 0.6) is 0 Å². The van der Waals surface area contributed by atoms with E-state index in [0.29, 0.717) is 0 Å². The van der Waals surface area contributed by atoms with Gasteiger partial charge in [0.05, 0.1) is 17.1 Å². The number of thioether (sulfide) groups is 1. The van der Waals surface area contributed by atoms with Gasteiger partial charge in [0.2, 0.25) is 5.91 Å². The Labute approximate surface area is 154 Å². The van der Waals surface area contributed by atoms with Gasteiger partial charge in [-0.15, -0.1) is 0 Å². The molecule has 2 aromatic heterocycles. The van der Waals surface area contributed by atoms with E-state index in [9.17, 15) is 4.79 Å². The first kappa shape index (κ1) is 19.6. The van der Waals surface area contributed by atoms with Gasteiger partial charge in [-0.05, 0) is 41.0 Å². The van der Waals surface area contributed by atoms with Crippen LogP contribution in [0.15, 0.2) is 17.4 Å². The lowest BCUT2D eigenvalue weighted by Crippen LogP contribution is -2.25. The van der Waals surface area contributed by atoms with E-state index in [-0.39, 0.29) is 17.2 Å². The molecule has 1 atom stereocenters. The summed E-state index contributed by atoms with van der Waals surface area (Å²) in [4.78, 5) is 17.3. The molecule has 0 spiro atoms. The van der Waals surface area contributed by atoms with E-state index in [4.69, 9.17) is 0 Å². The number of unbranched alkanes of at least 4 members (excludes halogenated alkanes) is 1. The fourth-order valence-electron chi connectivity index (χ4n) is 2.56. The van der Waals surface area contributed by atoms with Gasteiger partial charge in [-0.2, -0.15) is 5.10 Å². The van der Waals surface area contributed by atoms with Crippen LogP contribution in [0, 0.1) is 13.8 Å². The van der Waals surface area contributed by atoms with Crippen molar-refractivity contribution in [2.24, 2.45) is 0 Å². The number of hydrogen-bond donors (Lipinski definition) is 1. The molecule has 0 saturated heterocycles. The molecule has 2 heterocycles. The molecule has 1 N–H and O–H groups in total. The summed E-state index contributed by atoms with van der Waals surface area (Å²) in [6.45, 7) is 13.2. The summed E-state index contributed by atoms with van der Waals surface area (Å²) < 4.78 is 4.04. The Hall–Kier alpha value is -1.76. The number of nitrogens with zero attached hydrogens (tertiary/aromatic N) is 4. The highest BCUT2D eigenvalue weighted by molar-refractivity contribution is 8.00. The molecule has 0 aliphatic rings. The van der Waals surface area contributed by atoms with Crippen molar-refractivity contribution in [3.8, 4) is 0 Å². The highest BCUT2D eigenvalue weighted by Crippen LogP contribution is 2.26. The molecule has 6 nitrogen and oxygen atoms in total. The van der Waals surface area contributed by atoms with E-state index >= 15 is 0 Å². The van der Waals surface area contributed by atoms with Crippen LogP contribution in [0.25, 0.3) is 0 Å². The average Bonchev–Trinajstić information content (AvgIpc) is 3.11. The van der Waals surface area contributed by atoms with Crippen LogP contribution >= 0.6 is 11.8 Å². The number of anilines is 1. The van der Waals surface area contributed by atoms with E-state index < -0.39 is 0 Å². The van der Waals surface area contributed by atoms with Crippen LogP contribution < -0.4 is 5.32 Å². The number of aryl methyl sites for hydroxylation is 1. The molecule has 0 fully saturated rings. The van der Waals surface area contributed by atoms with Crippen molar-refractivity contribution in [1.29, 1.82) is 0 Å². The number of hydrogen-bond acceptors (Lipinski definition) is 4. The van der Waals surface area contributed by atoms with Crippen molar-refractivity contribution in [3.63, 3.8) is 0 Å². The van der Waals surface area contributed by atoms with Crippen molar-refractivity contribution in [3.05, 3.63) is 23.7 Å². The zero-order chi connectivity index (χ0) is 18.6. The minimum absolute atomic E-state index is 0.0345. The van der Waals surface area contributed by atoms with Gasteiger partial charge in [0.1, 0.15) is 5.82 Å². The van der Waals surface area contributed by atoms with E-state index in [2.05, 4.69) is 33.8 Å². The number of carbonyl (C=O) groups excluding carboxylic acids is 1. The van der Waals surface area contributed by atoms with Crippen LogP contribution in [0.4, 0.5) is 5.82 Å². The average molecular weight is 364 g/mol. The lowest BCUT2D eigenvalue weighted by Gasteiger charge is -2.15. The fourth-order valence-corrected chi connectivity index (χ4v) is 3.58. The van der Waals surface area contributed by atoms with E-state index in [1.165, 1.54) is 17.5 Å². The Kier molecular flexibility index (Phi) is 6.70. The van der Waals surface area contributed by atoms with Gasteiger partial charge in [0.25, 0.3) is 0 Å². The molecule has 2 aromatic rings. The summed E-state index contributed by atoms with van der Waals surface area (Å²) in [5.41, 5.74) is 2.21. The van der Waals surface area contributed by atoms with Crippen LogP contribution in [-0.4, -0.2) is 30.5 Å². The van der Waals surface area contributed by atoms with Gasteiger partial charge >= 0.3 is 0 Å². The summed E-state index contributed by atoms with van der Waals surface area (Å²) in [6.07, 6.45) is 3.95. The van der Waals surface area contributed by atoms with Gasteiger partial charge in [-0.3, -0.25) is 4.79 Å². The topological polar surface area (TPSA) is 64.7 Å². The van der Waals surface area contributed by atoms with Crippen molar-refractivity contribution in [2.75, 3.05) is 5.32 Å². The van der Waals surface area contributed by atoms with Crippen molar-refractivity contribution in [2.45, 2.75) is 77.4 Å². The molecule has 25 heavy (non-hydrogen) atoms. The largest absolute Gasteiger partial charge is 0.323 e. The van der Waals surface area contributed by atoms with E-state index in [1.807, 2.05) is 38.4 Å². The normalized spacial score (nSPS) is 12.6. The first-order chi connectivity index (χ1) is 11.8. The molecule has 0 aromatic carbocycles. The smallest absolute Gasteiger partial charge is 0.238 e. The Morgan fingerprint density at radius 3 is 2.68 bits per heavy atom. The standard InChI is InChI=1S/C18H29N5OS/c1-7-8-11-22-14(5)13(4)20-18(22)25-15(6)17(24)21-16-9-10-19-23(16)12(2)3/h9-10,12,15H,7-8,11H2,1-6H3,(H,21,24). The number of amides is 1. The number of imidazole rings is 1. The monoisotopic (exact) mass is 363 g/mol. The van der Waals surface area contributed by atoms with Gasteiger partial charge in [-0.1, -0.05) is 25.1 Å². The van der Waals surface area contributed by atoms with Gasteiger partial charge in [0, 0.05) is 24.3 Å². The van der Waals surface area contributed by atoms with Crippen LogP contribution in [0.1, 0.15) is 58.0 Å². The quantitative estimate of drug-likeness (QED) is 0.714. The molecule has 0 bridgehead atoms. The second-order valence-electron chi connectivity index (χ2n) is 6.57. The Morgan fingerprint density at radius 1 is 1.32 bits per heavy atom. The van der Waals surface area contributed by atoms with E-state index in [0.717, 1.165) is 36.1 Å². The maximum absolute atomic E-state index is 12.6. The third-order valence-electron chi connectivity index (χ3n) is 4.22. The van der Waals surface area contributed by atoms with Gasteiger partial charge in [-0.25, -0.2) is 9.67 Å². The summed E-state index contributed by atoms with van der Waals surface area (Å²) in [6, 6.07) is 2.03. The zero-order valence-corrected chi connectivity index (χ0v) is 16.9. The maximum atomic E-state index is 12.6. The predicted molar refractivity (Wildman–Crippen MR) is 103 cm³/mol. The summed E-state index contributed by atoms with van der Waals surface area (Å²) >= 11 is 1.51. The third-order valence-corrected chi connectivity index (χ3v) is 5.31. The number of carbonyl (C=O) groups is 1. The Morgan fingerprint density at radius 2 is 2.04 bits per heavy atom. The highest BCUT2D eigenvalue weighted by Gasteiger charge is 2.21. The number of nitrogens with one attached hydrogen (secondary N) is 1. The lowest BCUT2D eigenvalue weighted by molar-refractivity contribution is -0.115. The predicted octanol–water partition coefficient (Wildman–Crippen LogP) is 4.20. The SMILES string of the molecule is CCCCn1c(SC(C)C(=O)Nc2ccnn2C(C)C)nc(C)c1C. The molecule has 0 radical (unpaired) electrons. The molecular formula is C18H29N5OS. The molecule has 1 unspecified atom stereocenters. The molecule has 7 heteroatoms. The second-order valence-corrected chi connectivity index (χ2v) is 7.88. The summed E-state index contributed by atoms with van der Waals surface area (Å²) in [5, 5.41) is 7.91. The maximum Gasteiger partial charge on any atom is 0.238 e. The summed E-state index contributed by atoms with van der Waals surface area (Å²) in [5.74, 6) is 0.696. The lowest BCUT2D eigenvalue weighted by atomic mass is 10.3. The molecule has 0 aliphatic heterocycles. The number of aromatic nitrogens is 4. The first-order valence-corrected chi connectivity index (χ1v) is 9.77. The Bertz CT molecular complexity index is 719. The first-order valence-electron chi connectivity index (χ1n) is 8.89. The molecule has 0 aliphatic carbocycles. The van der Waals surface area contributed by atoms with Crippen molar-refractivity contribution in [1.82, 2.24) is 19.3 Å². The van der Waals surface area contributed by atoms with Gasteiger partial charge in [0.15, 0.2) is 5.16 Å². The minimum atomic E-state index is -0.239. The molecule has 0 saturated carbocycles. The second kappa shape index (κ2) is 8.56. The van der Waals surface area contributed by atoms with Crippen LogP contribution in [0.2, 0.25) is 0 Å². The fraction of sp³-hybridized carbons (Fsp3) is 0.611. The van der Waals surface area contributed by atoms with Crippen LogP contribution in [0.3, 0.4) is 0 Å². The molecule has 2 rings (SSSR count).